The number of halogens is 1. The number of hydrogen-bond acceptors (Lipinski definition) is 1. The third-order valence-corrected chi connectivity index (χ3v) is 2.02. The van der Waals surface area contributed by atoms with Crippen molar-refractivity contribution >= 4 is 15.9 Å². The van der Waals surface area contributed by atoms with Crippen LogP contribution in [-0.4, -0.2) is 0 Å². The lowest BCUT2D eigenvalue weighted by Gasteiger charge is -2.01. The standard InChI is InChI=1S/C8H10BrN/c1-6-2-3-8(9)4-7(6)5-10/h2-4H,5,10H2,1H3. The van der Waals surface area contributed by atoms with E-state index in [1.54, 1.807) is 0 Å². The van der Waals surface area contributed by atoms with Crippen molar-refractivity contribution in [3.8, 4) is 0 Å². The fourth-order valence-electron chi connectivity index (χ4n) is 0.860. The maximum Gasteiger partial charge on any atom is 0.0181 e. The van der Waals surface area contributed by atoms with Crippen molar-refractivity contribution in [2.45, 2.75) is 13.5 Å². The van der Waals surface area contributed by atoms with Gasteiger partial charge in [0, 0.05) is 11.0 Å². The summed E-state index contributed by atoms with van der Waals surface area (Å²) in [5.74, 6) is 0. The van der Waals surface area contributed by atoms with Gasteiger partial charge in [0.1, 0.15) is 0 Å². The van der Waals surface area contributed by atoms with Gasteiger partial charge in [0.25, 0.3) is 0 Å². The zero-order chi connectivity index (χ0) is 7.56. The first kappa shape index (κ1) is 7.76. The number of nitrogens with two attached hydrogens (primary N) is 1. The fourth-order valence-corrected chi connectivity index (χ4v) is 1.27. The summed E-state index contributed by atoms with van der Waals surface area (Å²) in [7, 11) is 0. The Morgan fingerprint density at radius 3 is 2.70 bits per heavy atom. The second-order valence-electron chi connectivity index (χ2n) is 2.27. The molecule has 1 nitrogen and oxygen atoms in total. The normalized spacial score (nSPS) is 9.90. The molecule has 0 saturated carbocycles. The second kappa shape index (κ2) is 3.17. The summed E-state index contributed by atoms with van der Waals surface area (Å²) in [6, 6.07) is 6.14. The fraction of sp³-hybridized carbons (Fsp3) is 0.250. The van der Waals surface area contributed by atoms with Crippen LogP contribution in [0.4, 0.5) is 0 Å². The van der Waals surface area contributed by atoms with Gasteiger partial charge in [0.15, 0.2) is 0 Å². The van der Waals surface area contributed by atoms with Gasteiger partial charge in [0.05, 0.1) is 0 Å². The van der Waals surface area contributed by atoms with Gasteiger partial charge in [-0.05, 0) is 30.2 Å². The number of hydrogen-bond donors (Lipinski definition) is 1. The molecular weight excluding hydrogens is 190 g/mol. The molecule has 0 saturated heterocycles. The monoisotopic (exact) mass is 199 g/mol. The van der Waals surface area contributed by atoms with Crippen LogP contribution in [0.3, 0.4) is 0 Å². The smallest absolute Gasteiger partial charge is 0.0181 e. The van der Waals surface area contributed by atoms with Crippen LogP contribution in [-0.2, 0) is 6.54 Å². The molecule has 54 valence electrons. The van der Waals surface area contributed by atoms with Crippen molar-refractivity contribution in [2.24, 2.45) is 5.73 Å². The molecule has 0 atom stereocenters. The maximum absolute atomic E-state index is 5.50. The summed E-state index contributed by atoms with van der Waals surface area (Å²) >= 11 is 3.38. The summed E-state index contributed by atoms with van der Waals surface area (Å²) in [6.07, 6.45) is 0. The molecule has 2 heteroatoms. The third kappa shape index (κ3) is 1.58. The van der Waals surface area contributed by atoms with Gasteiger partial charge in [0.2, 0.25) is 0 Å². The molecule has 0 radical (unpaired) electrons. The first-order valence-corrected chi connectivity index (χ1v) is 3.98. The topological polar surface area (TPSA) is 26.0 Å². The van der Waals surface area contributed by atoms with Crippen molar-refractivity contribution in [1.29, 1.82) is 0 Å². The maximum atomic E-state index is 5.50. The Bertz CT molecular complexity index is 233. The van der Waals surface area contributed by atoms with Crippen LogP contribution in [0.5, 0.6) is 0 Å². The minimum Gasteiger partial charge on any atom is -0.326 e. The van der Waals surface area contributed by atoms with Gasteiger partial charge >= 0.3 is 0 Å². The summed E-state index contributed by atoms with van der Waals surface area (Å²) in [5, 5.41) is 0. The van der Waals surface area contributed by atoms with Crippen molar-refractivity contribution in [1.82, 2.24) is 0 Å². The molecule has 0 amide bonds. The zero-order valence-electron chi connectivity index (χ0n) is 5.89. The molecule has 0 aliphatic carbocycles. The average molecular weight is 200 g/mol. The summed E-state index contributed by atoms with van der Waals surface area (Å²) in [5.41, 5.74) is 7.96. The van der Waals surface area contributed by atoms with Gasteiger partial charge in [-0.2, -0.15) is 0 Å². The Hall–Kier alpha value is -0.340. The molecule has 0 spiro atoms. The first-order chi connectivity index (χ1) is 4.74. The van der Waals surface area contributed by atoms with E-state index in [-0.39, 0.29) is 0 Å². The highest BCUT2D eigenvalue weighted by Gasteiger charge is 1.94. The van der Waals surface area contributed by atoms with E-state index in [0.29, 0.717) is 6.54 Å². The van der Waals surface area contributed by atoms with Crippen molar-refractivity contribution in [2.75, 3.05) is 0 Å². The molecule has 0 aliphatic heterocycles. The van der Waals surface area contributed by atoms with E-state index in [0.717, 1.165) is 4.47 Å². The van der Waals surface area contributed by atoms with Crippen molar-refractivity contribution in [3.63, 3.8) is 0 Å². The van der Waals surface area contributed by atoms with E-state index in [9.17, 15) is 0 Å². The lowest BCUT2D eigenvalue weighted by molar-refractivity contribution is 1.05. The largest absolute Gasteiger partial charge is 0.326 e. The SMILES string of the molecule is Cc1ccc(Br)cc1CN. The predicted molar refractivity (Wildman–Crippen MR) is 46.8 cm³/mol. The van der Waals surface area contributed by atoms with E-state index in [4.69, 9.17) is 5.73 Å². The quantitative estimate of drug-likeness (QED) is 0.738. The second-order valence-corrected chi connectivity index (χ2v) is 3.19. The third-order valence-electron chi connectivity index (χ3n) is 1.53. The molecule has 0 heterocycles. The van der Waals surface area contributed by atoms with Crippen LogP contribution < -0.4 is 5.73 Å². The van der Waals surface area contributed by atoms with Gasteiger partial charge in [-0.25, -0.2) is 0 Å². The van der Waals surface area contributed by atoms with E-state index in [1.807, 2.05) is 6.07 Å². The lowest BCUT2D eigenvalue weighted by Crippen LogP contribution is -1.98. The number of benzene rings is 1. The average Bonchev–Trinajstić information content (AvgIpc) is 1.94. The van der Waals surface area contributed by atoms with E-state index < -0.39 is 0 Å². The molecule has 1 aromatic rings. The minimum absolute atomic E-state index is 0.616. The molecule has 0 aromatic heterocycles. The molecule has 0 aliphatic rings. The molecule has 0 bridgehead atoms. The number of rotatable bonds is 1. The van der Waals surface area contributed by atoms with E-state index in [1.165, 1.54) is 11.1 Å². The number of aryl methyl sites for hydroxylation is 1. The highest BCUT2D eigenvalue weighted by atomic mass is 79.9. The summed E-state index contributed by atoms with van der Waals surface area (Å²) in [6.45, 7) is 2.68. The van der Waals surface area contributed by atoms with Gasteiger partial charge in [-0.3, -0.25) is 0 Å². The van der Waals surface area contributed by atoms with Crippen molar-refractivity contribution < 1.29 is 0 Å². The molecule has 2 N–H and O–H groups in total. The zero-order valence-corrected chi connectivity index (χ0v) is 7.48. The molecular formula is C8H10BrN. The molecule has 0 fully saturated rings. The van der Waals surface area contributed by atoms with Crippen LogP contribution in [0, 0.1) is 6.92 Å². The highest BCUT2D eigenvalue weighted by Crippen LogP contribution is 2.14. The Morgan fingerprint density at radius 2 is 2.20 bits per heavy atom. The Balaban J connectivity index is 3.09. The van der Waals surface area contributed by atoms with Crippen LogP contribution in [0.15, 0.2) is 22.7 Å². The van der Waals surface area contributed by atoms with E-state index in [2.05, 4.69) is 35.0 Å². The Labute approximate surface area is 69.4 Å². The lowest BCUT2D eigenvalue weighted by atomic mass is 10.1. The molecule has 10 heavy (non-hydrogen) atoms. The minimum atomic E-state index is 0.616. The van der Waals surface area contributed by atoms with Crippen LogP contribution in [0.2, 0.25) is 0 Å². The predicted octanol–water partition coefficient (Wildman–Crippen LogP) is 2.22. The summed E-state index contributed by atoms with van der Waals surface area (Å²) < 4.78 is 1.10. The van der Waals surface area contributed by atoms with Crippen LogP contribution in [0.25, 0.3) is 0 Å². The Kier molecular flexibility index (Phi) is 2.46. The molecule has 1 aromatic carbocycles. The van der Waals surface area contributed by atoms with E-state index >= 15 is 0 Å². The molecule has 0 unspecified atom stereocenters. The highest BCUT2D eigenvalue weighted by molar-refractivity contribution is 9.10. The molecule has 1 rings (SSSR count). The summed E-state index contributed by atoms with van der Waals surface area (Å²) in [4.78, 5) is 0. The van der Waals surface area contributed by atoms with Crippen LogP contribution >= 0.6 is 15.9 Å². The van der Waals surface area contributed by atoms with Crippen molar-refractivity contribution in [3.05, 3.63) is 33.8 Å². The van der Waals surface area contributed by atoms with Gasteiger partial charge in [-0.15, -0.1) is 0 Å². The Morgan fingerprint density at radius 1 is 1.50 bits per heavy atom. The van der Waals surface area contributed by atoms with Crippen LogP contribution in [0.1, 0.15) is 11.1 Å². The first-order valence-electron chi connectivity index (χ1n) is 3.19. The van der Waals surface area contributed by atoms with Gasteiger partial charge in [-0.1, -0.05) is 22.0 Å². The van der Waals surface area contributed by atoms with Gasteiger partial charge < -0.3 is 5.73 Å².